The van der Waals surface area contributed by atoms with Gasteiger partial charge in [-0.25, -0.2) is 9.97 Å². The van der Waals surface area contributed by atoms with E-state index in [4.69, 9.17) is 22.1 Å². The minimum atomic E-state index is -0.466. The fraction of sp³-hybridized carbons (Fsp3) is 0.200. The number of ether oxygens (including phenoxy) is 1. The van der Waals surface area contributed by atoms with Crippen LogP contribution < -0.4 is 16.0 Å². The zero-order valence-corrected chi connectivity index (χ0v) is 16.3. The Morgan fingerprint density at radius 1 is 1.17 bits per heavy atom. The van der Waals surface area contributed by atoms with Gasteiger partial charge in [-0.3, -0.25) is 9.78 Å². The highest BCUT2D eigenvalue weighted by atomic mass is 35.5. The molecule has 1 aromatic carbocycles. The molecule has 3 heterocycles. The first-order valence-electron chi connectivity index (χ1n) is 9.09. The summed E-state index contributed by atoms with van der Waals surface area (Å²) in [6.45, 7) is 2.73. The van der Waals surface area contributed by atoms with Crippen molar-refractivity contribution in [2.75, 3.05) is 42.3 Å². The highest BCUT2D eigenvalue weighted by molar-refractivity contribution is 6.33. The van der Waals surface area contributed by atoms with E-state index < -0.39 is 5.91 Å². The molecule has 0 bridgehead atoms. The second-order valence-electron chi connectivity index (χ2n) is 6.42. The number of amides is 1. The van der Waals surface area contributed by atoms with Gasteiger partial charge in [0.2, 0.25) is 0 Å². The third-order valence-corrected chi connectivity index (χ3v) is 4.89. The predicted molar refractivity (Wildman–Crippen MR) is 112 cm³/mol. The van der Waals surface area contributed by atoms with E-state index in [1.165, 1.54) is 6.20 Å². The molecular weight excluding hydrogens is 392 g/mol. The predicted octanol–water partition coefficient (Wildman–Crippen LogP) is 2.86. The molecule has 8 nitrogen and oxygen atoms in total. The maximum atomic E-state index is 12.9. The van der Waals surface area contributed by atoms with Gasteiger partial charge in [0, 0.05) is 24.8 Å². The number of rotatable bonds is 4. The first-order valence-corrected chi connectivity index (χ1v) is 9.47. The molecule has 1 fully saturated rings. The molecule has 29 heavy (non-hydrogen) atoms. The Balaban J connectivity index is 1.63. The summed E-state index contributed by atoms with van der Waals surface area (Å²) >= 11 is 6.24. The molecule has 0 aliphatic carbocycles. The van der Waals surface area contributed by atoms with Crippen molar-refractivity contribution in [2.24, 2.45) is 0 Å². The highest BCUT2D eigenvalue weighted by Gasteiger charge is 2.20. The molecule has 1 amide bonds. The van der Waals surface area contributed by atoms with E-state index >= 15 is 0 Å². The van der Waals surface area contributed by atoms with Crippen molar-refractivity contribution in [3.63, 3.8) is 0 Å². The van der Waals surface area contributed by atoms with Crippen molar-refractivity contribution in [3.8, 4) is 11.3 Å². The number of hydrogen-bond donors (Lipinski definition) is 2. The van der Waals surface area contributed by atoms with Gasteiger partial charge in [-0.2, -0.15) is 0 Å². The van der Waals surface area contributed by atoms with Crippen molar-refractivity contribution in [3.05, 3.63) is 59.6 Å². The molecule has 2 aromatic heterocycles. The zero-order chi connectivity index (χ0) is 20.2. The van der Waals surface area contributed by atoms with Gasteiger partial charge in [0.15, 0.2) is 11.5 Å². The van der Waals surface area contributed by atoms with Crippen molar-refractivity contribution < 1.29 is 9.53 Å². The number of carbonyl (C=O) groups excluding carboxylic acids is 1. The topological polar surface area (TPSA) is 106 Å². The second kappa shape index (κ2) is 8.42. The van der Waals surface area contributed by atoms with E-state index in [0.717, 1.165) is 18.8 Å². The fourth-order valence-corrected chi connectivity index (χ4v) is 3.34. The molecule has 4 rings (SSSR count). The second-order valence-corrected chi connectivity index (χ2v) is 6.82. The summed E-state index contributed by atoms with van der Waals surface area (Å²) in [6, 6.07) is 9.07. The van der Waals surface area contributed by atoms with Crippen LogP contribution in [0.2, 0.25) is 5.02 Å². The number of morpholine rings is 1. The minimum absolute atomic E-state index is 0.0270. The molecule has 0 saturated carbocycles. The van der Waals surface area contributed by atoms with E-state index in [9.17, 15) is 4.79 Å². The van der Waals surface area contributed by atoms with Crippen LogP contribution in [0.5, 0.6) is 0 Å². The number of nitrogens with zero attached hydrogens (tertiary/aromatic N) is 4. The Morgan fingerprint density at radius 3 is 2.76 bits per heavy atom. The van der Waals surface area contributed by atoms with Crippen LogP contribution in [-0.2, 0) is 4.74 Å². The SMILES string of the molecule is Nc1ncc(-c2ccccc2Cl)nc1C(=O)Nc1cnccc1N1CCOCC1. The first-order chi connectivity index (χ1) is 14.1. The lowest BCUT2D eigenvalue weighted by molar-refractivity contribution is 0.102. The molecule has 9 heteroatoms. The van der Waals surface area contributed by atoms with Crippen molar-refractivity contribution in [2.45, 2.75) is 0 Å². The largest absolute Gasteiger partial charge is 0.382 e. The van der Waals surface area contributed by atoms with E-state index in [1.54, 1.807) is 18.5 Å². The third-order valence-electron chi connectivity index (χ3n) is 4.56. The summed E-state index contributed by atoms with van der Waals surface area (Å²) in [5.74, 6) is -0.429. The van der Waals surface area contributed by atoms with Gasteiger partial charge in [-0.05, 0) is 12.1 Å². The van der Waals surface area contributed by atoms with Crippen LogP contribution in [0.25, 0.3) is 11.3 Å². The minimum Gasteiger partial charge on any atom is -0.382 e. The maximum absolute atomic E-state index is 12.9. The molecule has 3 N–H and O–H groups in total. The van der Waals surface area contributed by atoms with E-state index in [-0.39, 0.29) is 11.5 Å². The van der Waals surface area contributed by atoms with Gasteiger partial charge >= 0.3 is 0 Å². The van der Waals surface area contributed by atoms with Gasteiger partial charge in [0.25, 0.3) is 5.91 Å². The average molecular weight is 411 g/mol. The Kier molecular flexibility index (Phi) is 5.55. The Hall–Kier alpha value is -3.23. The normalized spacial score (nSPS) is 13.9. The molecule has 1 aliphatic rings. The average Bonchev–Trinajstić information content (AvgIpc) is 2.75. The van der Waals surface area contributed by atoms with E-state index in [0.29, 0.717) is 35.2 Å². The van der Waals surface area contributed by atoms with Crippen LogP contribution in [-0.4, -0.2) is 47.2 Å². The number of pyridine rings is 1. The van der Waals surface area contributed by atoms with E-state index in [2.05, 4.69) is 25.2 Å². The third kappa shape index (κ3) is 4.13. The summed E-state index contributed by atoms with van der Waals surface area (Å²) in [5.41, 5.74) is 8.54. The van der Waals surface area contributed by atoms with Crippen LogP contribution >= 0.6 is 11.6 Å². The van der Waals surface area contributed by atoms with Gasteiger partial charge < -0.3 is 20.7 Å². The van der Waals surface area contributed by atoms with Crippen molar-refractivity contribution in [1.29, 1.82) is 0 Å². The molecular formula is C20H19ClN6O2. The number of benzene rings is 1. The lowest BCUT2D eigenvalue weighted by Crippen LogP contribution is -2.36. The number of nitrogens with one attached hydrogen (secondary N) is 1. The number of nitrogen functional groups attached to an aromatic ring is 1. The summed E-state index contributed by atoms with van der Waals surface area (Å²) in [7, 11) is 0. The van der Waals surface area contributed by atoms with Crippen LogP contribution in [0.3, 0.4) is 0 Å². The smallest absolute Gasteiger partial charge is 0.278 e. The highest BCUT2D eigenvalue weighted by Crippen LogP contribution is 2.28. The van der Waals surface area contributed by atoms with Gasteiger partial charge in [0.1, 0.15) is 0 Å². The summed E-state index contributed by atoms with van der Waals surface area (Å²) in [5, 5.41) is 3.37. The van der Waals surface area contributed by atoms with Crippen molar-refractivity contribution >= 4 is 34.7 Å². The Bertz CT molecular complexity index is 1040. The zero-order valence-electron chi connectivity index (χ0n) is 15.5. The van der Waals surface area contributed by atoms with E-state index in [1.807, 2.05) is 24.3 Å². The van der Waals surface area contributed by atoms with Crippen LogP contribution in [0, 0.1) is 0 Å². The summed E-state index contributed by atoms with van der Waals surface area (Å²) < 4.78 is 5.40. The summed E-state index contributed by atoms with van der Waals surface area (Å²) in [4.78, 5) is 27.7. The van der Waals surface area contributed by atoms with Gasteiger partial charge in [-0.15, -0.1) is 0 Å². The molecule has 0 radical (unpaired) electrons. The standard InChI is InChI=1S/C20H19ClN6O2/c21-14-4-2-1-3-13(14)15-12-24-19(22)18(25-15)20(28)26-16-11-23-6-5-17(16)27-7-9-29-10-8-27/h1-6,11-12H,7-10H2,(H2,22,24)(H,26,28). The molecule has 148 valence electrons. The molecule has 0 spiro atoms. The number of nitrogens with two attached hydrogens (primary N) is 1. The molecule has 0 atom stereocenters. The van der Waals surface area contributed by atoms with Crippen LogP contribution in [0.15, 0.2) is 48.9 Å². The lowest BCUT2D eigenvalue weighted by Gasteiger charge is -2.30. The van der Waals surface area contributed by atoms with Gasteiger partial charge in [-0.1, -0.05) is 29.8 Å². The van der Waals surface area contributed by atoms with Crippen LogP contribution in [0.1, 0.15) is 10.5 Å². The molecule has 1 aliphatic heterocycles. The number of anilines is 3. The Morgan fingerprint density at radius 2 is 1.97 bits per heavy atom. The maximum Gasteiger partial charge on any atom is 0.278 e. The summed E-state index contributed by atoms with van der Waals surface area (Å²) in [6.07, 6.45) is 4.79. The number of halogens is 1. The molecule has 0 unspecified atom stereocenters. The van der Waals surface area contributed by atoms with Crippen LogP contribution in [0.4, 0.5) is 17.2 Å². The Labute approximate surface area is 172 Å². The quantitative estimate of drug-likeness (QED) is 0.681. The van der Waals surface area contributed by atoms with Gasteiger partial charge in [0.05, 0.1) is 47.7 Å². The molecule has 3 aromatic rings. The molecule has 1 saturated heterocycles. The number of aromatic nitrogens is 3. The first kappa shape index (κ1) is 19.1. The number of carbonyl (C=O) groups is 1. The fourth-order valence-electron chi connectivity index (χ4n) is 3.11. The lowest BCUT2D eigenvalue weighted by atomic mass is 10.1. The monoisotopic (exact) mass is 410 g/mol. The number of hydrogen-bond acceptors (Lipinski definition) is 7. The van der Waals surface area contributed by atoms with Crippen molar-refractivity contribution in [1.82, 2.24) is 15.0 Å².